The molecule has 1 aromatic carbocycles. The van der Waals surface area contributed by atoms with Crippen LogP contribution in [0.5, 0.6) is 0 Å². The summed E-state index contributed by atoms with van der Waals surface area (Å²) in [7, 11) is 0. The predicted octanol–water partition coefficient (Wildman–Crippen LogP) is 2.01. The molecule has 124 valence electrons. The highest BCUT2D eigenvalue weighted by Crippen LogP contribution is 2.35. The van der Waals surface area contributed by atoms with Crippen LogP contribution in [0.1, 0.15) is 24.8 Å². The molecule has 0 radical (unpaired) electrons. The van der Waals surface area contributed by atoms with E-state index in [1.54, 1.807) is 0 Å². The van der Waals surface area contributed by atoms with Crippen LogP contribution in [0, 0.1) is 5.92 Å². The second kappa shape index (κ2) is 6.87. The second-order valence-electron chi connectivity index (χ2n) is 6.77. The maximum Gasteiger partial charge on any atom is 0.0558 e. The fourth-order valence-corrected chi connectivity index (χ4v) is 3.70. The molecular weight excluding hydrogens is 286 g/mol. The molecule has 1 unspecified atom stereocenters. The highest BCUT2D eigenvalue weighted by Gasteiger charge is 2.35. The Kier molecular flexibility index (Phi) is 4.85. The number of nitrogen functional groups attached to an aromatic ring is 1. The molecule has 0 amide bonds. The van der Waals surface area contributed by atoms with Crippen LogP contribution in [0.3, 0.4) is 0 Å². The van der Waals surface area contributed by atoms with Crippen molar-refractivity contribution in [2.75, 3.05) is 32.0 Å². The van der Waals surface area contributed by atoms with Crippen molar-refractivity contribution in [3.05, 3.63) is 48.1 Å². The number of aliphatic hydroxyl groups is 1. The van der Waals surface area contributed by atoms with Gasteiger partial charge in [-0.15, -0.1) is 0 Å². The Hall–Kier alpha value is -1.62. The SMILES string of the molecule is Nc1ccc(C2=CCC(N)(C3CCN(CCO)CC3)C=C2)cc1. The predicted molar refractivity (Wildman–Crippen MR) is 95.8 cm³/mol. The summed E-state index contributed by atoms with van der Waals surface area (Å²) in [6, 6.07) is 7.99. The fourth-order valence-electron chi connectivity index (χ4n) is 3.70. The largest absolute Gasteiger partial charge is 0.399 e. The summed E-state index contributed by atoms with van der Waals surface area (Å²) in [5, 5.41) is 9.05. The van der Waals surface area contributed by atoms with E-state index in [9.17, 15) is 0 Å². The normalized spacial score (nSPS) is 26.3. The maximum atomic E-state index is 9.05. The summed E-state index contributed by atoms with van der Waals surface area (Å²) in [4.78, 5) is 2.32. The molecule has 1 aliphatic heterocycles. The van der Waals surface area contributed by atoms with E-state index in [4.69, 9.17) is 16.6 Å². The Balaban J connectivity index is 1.63. The van der Waals surface area contributed by atoms with Gasteiger partial charge in [0.1, 0.15) is 0 Å². The van der Waals surface area contributed by atoms with E-state index < -0.39 is 0 Å². The van der Waals surface area contributed by atoms with Gasteiger partial charge in [-0.2, -0.15) is 0 Å². The number of rotatable bonds is 4. The first-order valence-electron chi connectivity index (χ1n) is 8.48. The summed E-state index contributed by atoms with van der Waals surface area (Å²) >= 11 is 0. The number of β-amino-alcohol motifs (C(OH)–C–C–N with tert-alkyl or cyclic N) is 1. The summed E-state index contributed by atoms with van der Waals surface area (Å²) in [5.74, 6) is 0.512. The number of hydrogen-bond donors (Lipinski definition) is 3. The molecule has 23 heavy (non-hydrogen) atoms. The quantitative estimate of drug-likeness (QED) is 0.743. The molecule has 1 atom stereocenters. The minimum absolute atomic E-state index is 0.234. The van der Waals surface area contributed by atoms with E-state index >= 15 is 0 Å². The Labute approximate surface area is 138 Å². The van der Waals surface area contributed by atoms with Crippen molar-refractivity contribution in [1.29, 1.82) is 0 Å². The Bertz CT molecular complexity index is 585. The van der Waals surface area contributed by atoms with Gasteiger partial charge in [0.05, 0.1) is 6.61 Å². The topological polar surface area (TPSA) is 75.5 Å². The smallest absolute Gasteiger partial charge is 0.0558 e. The van der Waals surface area contributed by atoms with Gasteiger partial charge in [0.15, 0.2) is 0 Å². The molecule has 0 saturated carbocycles. The number of allylic oxidation sites excluding steroid dienone is 2. The zero-order valence-electron chi connectivity index (χ0n) is 13.6. The van der Waals surface area contributed by atoms with Crippen LogP contribution in [0.25, 0.3) is 5.57 Å². The lowest BCUT2D eigenvalue weighted by atomic mass is 9.73. The lowest BCUT2D eigenvalue weighted by Gasteiger charge is -2.41. The summed E-state index contributed by atoms with van der Waals surface area (Å²) in [6.07, 6.45) is 9.71. The van der Waals surface area contributed by atoms with E-state index in [0.717, 1.165) is 44.6 Å². The molecule has 0 aromatic heterocycles. The van der Waals surface area contributed by atoms with Crippen LogP contribution in [-0.4, -0.2) is 41.8 Å². The van der Waals surface area contributed by atoms with Crippen LogP contribution in [0.15, 0.2) is 42.5 Å². The van der Waals surface area contributed by atoms with Gasteiger partial charge in [-0.25, -0.2) is 0 Å². The molecule has 1 fully saturated rings. The number of anilines is 1. The van der Waals surface area contributed by atoms with Crippen molar-refractivity contribution in [3.63, 3.8) is 0 Å². The zero-order chi connectivity index (χ0) is 16.3. The molecule has 2 aliphatic rings. The lowest BCUT2D eigenvalue weighted by Crippen LogP contribution is -2.50. The summed E-state index contributed by atoms with van der Waals surface area (Å²) < 4.78 is 0. The van der Waals surface area contributed by atoms with Crippen molar-refractivity contribution in [2.45, 2.75) is 24.8 Å². The molecule has 3 rings (SSSR count). The molecule has 1 aliphatic carbocycles. The number of aliphatic hydroxyl groups excluding tert-OH is 1. The van der Waals surface area contributed by atoms with Gasteiger partial charge in [-0.05, 0) is 61.5 Å². The summed E-state index contributed by atoms with van der Waals surface area (Å²) in [6.45, 7) is 3.09. The van der Waals surface area contributed by atoms with Crippen molar-refractivity contribution in [1.82, 2.24) is 4.90 Å². The number of piperidine rings is 1. The Morgan fingerprint density at radius 2 is 1.87 bits per heavy atom. The third-order valence-electron chi connectivity index (χ3n) is 5.26. The van der Waals surface area contributed by atoms with Gasteiger partial charge in [-0.3, -0.25) is 0 Å². The molecular formula is C19H27N3O. The molecule has 1 heterocycles. The first-order chi connectivity index (χ1) is 11.1. The molecule has 4 nitrogen and oxygen atoms in total. The fraction of sp³-hybridized carbons (Fsp3) is 0.474. The van der Waals surface area contributed by atoms with Gasteiger partial charge in [0.25, 0.3) is 0 Å². The van der Waals surface area contributed by atoms with E-state index in [-0.39, 0.29) is 12.1 Å². The molecule has 1 aromatic rings. The molecule has 1 saturated heterocycles. The molecule has 4 heteroatoms. The highest BCUT2D eigenvalue weighted by atomic mass is 16.3. The number of benzene rings is 1. The third kappa shape index (κ3) is 3.66. The number of nitrogens with two attached hydrogens (primary N) is 2. The first kappa shape index (κ1) is 16.2. The van der Waals surface area contributed by atoms with Crippen LogP contribution < -0.4 is 11.5 Å². The average molecular weight is 313 g/mol. The minimum Gasteiger partial charge on any atom is -0.399 e. The Morgan fingerprint density at radius 3 is 2.43 bits per heavy atom. The number of likely N-dealkylation sites (tertiary alicyclic amines) is 1. The van der Waals surface area contributed by atoms with Crippen LogP contribution in [0.4, 0.5) is 5.69 Å². The molecule has 0 spiro atoms. The third-order valence-corrected chi connectivity index (χ3v) is 5.26. The average Bonchev–Trinajstić information content (AvgIpc) is 2.57. The first-order valence-corrected chi connectivity index (χ1v) is 8.48. The van der Waals surface area contributed by atoms with Gasteiger partial charge in [0, 0.05) is 17.8 Å². The van der Waals surface area contributed by atoms with E-state index in [0.29, 0.717) is 5.92 Å². The van der Waals surface area contributed by atoms with Crippen LogP contribution in [0.2, 0.25) is 0 Å². The molecule has 0 bridgehead atoms. The van der Waals surface area contributed by atoms with Crippen molar-refractivity contribution >= 4 is 11.3 Å². The van der Waals surface area contributed by atoms with Crippen molar-refractivity contribution in [2.24, 2.45) is 11.7 Å². The lowest BCUT2D eigenvalue weighted by molar-refractivity contribution is 0.124. The zero-order valence-corrected chi connectivity index (χ0v) is 13.6. The van der Waals surface area contributed by atoms with E-state index in [1.165, 1.54) is 11.1 Å². The standard InChI is InChI=1S/C19H27N3O/c20-18-3-1-15(2-4-18)16-5-9-19(21,10-6-16)17-7-11-22(12-8-17)13-14-23/h1-6,9,17,23H,7-8,10-14,20-21H2. The van der Waals surface area contributed by atoms with Crippen LogP contribution in [-0.2, 0) is 0 Å². The number of hydrogen-bond acceptors (Lipinski definition) is 4. The molecule has 5 N–H and O–H groups in total. The van der Waals surface area contributed by atoms with Gasteiger partial charge < -0.3 is 21.5 Å². The van der Waals surface area contributed by atoms with Gasteiger partial charge in [0.2, 0.25) is 0 Å². The van der Waals surface area contributed by atoms with Crippen LogP contribution >= 0.6 is 0 Å². The van der Waals surface area contributed by atoms with Gasteiger partial charge in [-0.1, -0.05) is 30.4 Å². The second-order valence-corrected chi connectivity index (χ2v) is 6.77. The minimum atomic E-state index is -0.234. The summed E-state index contributed by atoms with van der Waals surface area (Å²) in [5.41, 5.74) is 15.4. The van der Waals surface area contributed by atoms with Crippen molar-refractivity contribution < 1.29 is 5.11 Å². The van der Waals surface area contributed by atoms with E-state index in [1.807, 2.05) is 12.1 Å². The Morgan fingerprint density at radius 1 is 1.17 bits per heavy atom. The number of nitrogens with zero attached hydrogens (tertiary/aromatic N) is 1. The van der Waals surface area contributed by atoms with E-state index in [2.05, 4.69) is 35.3 Å². The van der Waals surface area contributed by atoms with Gasteiger partial charge >= 0.3 is 0 Å². The highest BCUT2D eigenvalue weighted by molar-refractivity contribution is 5.76. The monoisotopic (exact) mass is 313 g/mol. The van der Waals surface area contributed by atoms with Crippen molar-refractivity contribution in [3.8, 4) is 0 Å². The maximum absolute atomic E-state index is 9.05.